The van der Waals surface area contributed by atoms with E-state index in [1.54, 1.807) is 30.9 Å². The first kappa shape index (κ1) is 16.1. The molecule has 1 aliphatic rings. The Kier molecular flexibility index (Phi) is 5.12. The summed E-state index contributed by atoms with van der Waals surface area (Å²) in [6.45, 7) is 6.71. The number of hydrogen-bond acceptors (Lipinski definition) is 3. The van der Waals surface area contributed by atoms with Crippen molar-refractivity contribution in [2.24, 2.45) is 5.92 Å². The van der Waals surface area contributed by atoms with Crippen LogP contribution in [0.1, 0.15) is 25.8 Å². The SMILES string of the molecule is Cc1cc(Cl)ccc1OC(C)C(=O)N1CCC(C(C)O)C1. The van der Waals surface area contributed by atoms with Gasteiger partial charge in [-0.25, -0.2) is 0 Å². The van der Waals surface area contributed by atoms with Crippen molar-refractivity contribution in [2.45, 2.75) is 39.4 Å². The fraction of sp³-hybridized carbons (Fsp3) is 0.562. The fourth-order valence-electron chi connectivity index (χ4n) is 2.62. The van der Waals surface area contributed by atoms with Gasteiger partial charge in [0.1, 0.15) is 5.75 Å². The molecule has 1 N–H and O–H groups in total. The highest BCUT2D eigenvalue weighted by atomic mass is 35.5. The summed E-state index contributed by atoms with van der Waals surface area (Å²) in [7, 11) is 0. The first-order valence-electron chi connectivity index (χ1n) is 7.28. The molecule has 3 unspecified atom stereocenters. The topological polar surface area (TPSA) is 49.8 Å². The Morgan fingerprint density at radius 1 is 1.48 bits per heavy atom. The molecule has 0 aliphatic carbocycles. The van der Waals surface area contributed by atoms with Gasteiger partial charge in [0.25, 0.3) is 5.91 Å². The second-order valence-electron chi connectivity index (χ2n) is 5.74. The Balaban J connectivity index is 1.97. The smallest absolute Gasteiger partial charge is 0.263 e. The van der Waals surface area contributed by atoms with E-state index < -0.39 is 6.10 Å². The minimum absolute atomic E-state index is 0.0347. The number of ether oxygens (including phenoxy) is 1. The maximum atomic E-state index is 12.4. The monoisotopic (exact) mass is 311 g/mol. The van der Waals surface area contributed by atoms with E-state index in [0.717, 1.165) is 12.0 Å². The van der Waals surface area contributed by atoms with Gasteiger partial charge in [0.2, 0.25) is 0 Å². The van der Waals surface area contributed by atoms with Crippen molar-refractivity contribution in [1.29, 1.82) is 0 Å². The first-order chi connectivity index (χ1) is 9.88. The molecule has 2 rings (SSSR count). The predicted molar refractivity (Wildman–Crippen MR) is 82.6 cm³/mol. The van der Waals surface area contributed by atoms with Gasteiger partial charge in [-0.2, -0.15) is 0 Å². The van der Waals surface area contributed by atoms with E-state index in [1.165, 1.54) is 0 Å². The molecule has 5 heteroatoms. The number of benzene rings is 1. The summed E-state index contributed by atoms with van der Waals surface area (Å²) < 4.78 is 5.76. The molecule has 116 valence electrons. The van der Waals surface area contributed by atoms with Crippen molar-refractivity contribution in [3.63, 3.8) is 0 Å². The van der Waals surface area contributed by atoms with Gasteiger partial charge in [0.15, 0.2) is 6.10 Å². The molecule has 1 aromatic carbocycles. The molecule has 0 saturated carbocycles. The molecule has 1 heterocycles. The van der Waals surface area contributed by atoms with Gasteiger partial charge in [0, 0.05) is 24.0 Å². The summed E-state index contributed by atoms with van der Waals surface area (Å²) in [5.74, 6) is 0.803. The molecule has 1 saturated heterocycles. The molecule has 21 heavy (non-hydrogen) atoms. The number of aryl methyl sites for hydroxylation is 1. The van der Waals surface area contributed by atoms with Crippen LogP contribution < -0.4 is 4.74 Å². The molecule has 0 spiro atoms. The summed E-state index contributed by atoms with van der Waals surface area (Å²) >= 11 is 5.91. The van der Waals surface area contributed by atoms with Gasteiger partial charge in [-0.3, -0.25) is 4.79 Å². The van der Waals surface area contributed by atoms with Crippen LogP contribution in [0.5, 0.6) is 5.75 Å². The molecule has 0 radical (unpaired) electrons. The number of hydrogen-bond donors (Lipinski definition) is 1. The lowest BCUT2D eigenvalue weighted by atomic mass is 10.0. The lowest BCUT2D eigenvalue weighted by molar-refractivity contribution is -0.137. The van der Waals surface area contributed by atoms with E-state index in [-0.39, 0.29) is 17.9 Å². The lowest BCUT2D eigenvalue weighted by Gasteiger charge is -2.23. The van der Waals surface area contributed by atoms with Crippen LogP contribution in [0.3, 0.4) is 0 Å². The van der Waals surface area contributed by atoms with Crippen LogP contribution in [-0.4, -0.2) is 41.2 Å². The van der Waals surface area contributed by atoms with Crippen molar-refractivity contribution in [3.05, 3.63) is 28.8 Å². The number of halogens is 1. The molecular weight excluding hydrogens is 290 g/mol. The van der Waals surface area contributed by atoms with Gasteiger partial charge in [-0.1, -0.05) is 11.6 Å². The Morgan fingerprint density at radius 2 is 2.19 bits per heavy atom. The summed E-state index contributed by atoms with van der Waals surface area (Å²) in [5, 5.41) is 10.3. The number of aliphatic hydroxyl groups excluding tert-OH is 1. The Labute approximate surface area is 130 Å². The van der Waals surface area contributed by atoms with Crippen molar-refractivity contribution < 1.29 is 14.6 Å². The van der Waals surface area contributed by atoms with Gasteiger partial charge in [0.05, 0.1) is 6.10 Å². The van der Waals surface area contributed by atoms with Crippen LogP contribution in [0.4, 0.5) is 0 Å². The van der Waals surface area contributed by atoms with Crippen LogP contribution in [0.25, 0.3) is 0 Å². The van der Waals surface area contributed by atoms with Gasteiger partial charge < -0.3 is 14.7 Å². The van der Waals surface area contributed by atoms with Crippen molar-refractivity contribution in [2.75, 3.05) is 13.1 Å². The number of likely N-dealkylation sites (tertiary alicyclic amines) is 1. The Bertz CT molecular complexity index is 518. The fourth-order valence-corrected chi connectivity index (χ4v) is 2.85. The standard InChI is InChI=1S/C16H22ClNO3/c1-10-8-14(17)4-5-15(10)21-12(3)16(20)18-7-6-13(9-18)11(2)19/h4-5,8,11-13,19H,6-7,9H2,1-3H3. The first-order valence-corrected chi connectivity index (χ1v) is 7.66. The van der Waals surface area contributed by atoms with E-state index in [4.69, 9.17) is 16.3 Å². The van der Waals surface area contributed by atoms with Gasteiger partial charge in [-0.05, 0) is 51.0 Å². The van der Waals surface area contributed by atoms with Crippen molar-refractivity contribution >= 4 is 17.5 Å². The molecule has 0 aromatic heterocycles. The number of aliphatic hydroxyl groups is 1. The highest BCUT2D eigenvalue weighted by Crippen LogP contribution is 2.25. The Morgan fingerprint density at radius 3 is 2.76 bits per heavy atom. The third kappa shape index (κ3) is 3.89. The number of amides is 1. The summed E-state index contributed by atoms with van der Waals surface area (Å²) in [6, 6.07) is 5.35. The van der Waals surface area contributed by atoms with E-state index in [9.17, 15) is 9.90 Å². The molecule has 1 amide bonds. The molecule has 4 nitrogen and oxygen atoms in total. The third-order valence-corrected chi connectivity index (χ3v) is 4.24. The second-order valence-corrected chi connectivity index (χ2v) is 6.18. The second kappa shape index (κ2) is 6.67. The maximum absolute atomic E-state index is 12.4. The Hall–Kier alpha value is -1.26. The van der Waals surface area contributed by atoms with Gasteiger partial charge in [-0.15, -0.1) is 0 Å². The average Bonchev–Trinajstić information content (AvgIpc) is 2.90. The number of nitrogens with zero attached hydrogens (tertiary/aromatic N) is 1. The molecule has 1 aliphatic heterocycles. The molecule has 1 fully saturated rings. The van der Waals surface area contributed by atoms with Crippen molar-refractivity contribution in [3.8, 4) is 5.75 Å². The predicted octanol–water partition coefficient (Wildman–Crippen LogP) is 2.65. The van der Waals surface area contributed by atoms with E-state index in [2.05, 4.69) is 0 Å². The number of carbonyl (C=O) groups excluding carboxylic acids is 1. The molecule has 1 aromatic rings. The largest absolute Gasteiger partial charge is 0.481 e. The van der Waals surface area contributed by atoms with E-state index in [0.29, 0.717) is 23.9 Å². The zero-order chi connectivity index (χ0) is 15.6. The van der Waals surface area contributed by atoms with Crippen LogP contribution in [0.2, 0.25) is 5.02 Å². The number of rotatable bonds is 4. The zero-order valence-corrected chi connectivity index (χ0v) is 13.4. The summed E-state index contributed by atoms with van der Waals surface area (Å²) in [5.41, 5.74) is 0.908. The van der Waals surface area contributed by atoms with Crippen LogP contribution in [-0.2, 0) is 4.79 Å². The minimum atomic E-state index is -0.544. The van der Waals surface area contributed by atoms with E-state index >= 15 is 0 Å². The number of carbonyl (C=O) groups is 1. The summed E-state index contributed by atoms with van der Waals surface area (Å²) in [6.07, 6.45) is -0.0778. The molecule has 3 atom stereocenters. The van der Waals surface area contributed by atoms with Crippen LogP contribution in [0, 0.1) is 12.8 Å². The van der Waals surface area contributed by atoms with E-state index in [1.807, 2.05) is 13.0 Å². The van der Waals surface area contributed by atoms with Gasteiger partial charge >= 0.3 is 0 Å². The van der Waals surface area contributed by atoms with Crippen molar-refractivity contribution in [1.82, 2.24) is 4.90 Å². The minimum Gasteiger partial charge on any atom is -0.481 e. The highest BCUT2D eigenvalue weighted by molar-refractivity contribution is 6.30. The normalized spacial score (nSPS) is 21.2. The van der Waals surface area contributed by atoms with Crippen LogP contribution >= 0.6 is 11.6 Å². The maximum Gasteiger partial charge on any atom is 0.263 e. The third-order valence-electron chi connectivity index (χ3n) is 4.01. The quantitative estimate of drug-likeness (QED) is 0.930. The highest BCUT2D eigenvalue weighted by Gasteiger charge is 2.32. The lowest BCUT2D eigenvalue weighted by Crippen LogP contribution is -2.39. The zero-order valence-electron chi connectivity index (χ0n) is 12.7. The summed E-state index contributed by atoms with van der Waals surface area (Å²) in [4.78, 5) is 14.2. The average molecular weight is 312 g/mol. The molecule has 0 bridgehead atoms. The van der Waals surface area contributed by atoms with Crippen LogP contribution in [0.15, 0.2) is 18.2 Å². The molecular formula is C16H22ClNO3.